The standard InChI is InChI=1S/C12H8ClF3N2O/c13-8-5-9(7-17-6-8)19-18-11-4-2-1-3-10(11)12(14,15)16/h1-7,18H. The van der Waals surface area contributed by atoms with Gasteiger partial charge in [-0.05, 0) is 12.1 Å². The number of nitrogens with one attached hydrogen (secondary N) is 1. The van der Waals surface area contributed by atoms with Crippen LogP contribution in [0.2, 0.25) is 5.02 Å². The molecule has 0 spiro atoms. The number of aromatic nitrogens is 1. The monoisotopic (exact) mass is 288 g/mol. The molecule has 1 heterocycles. The summed E-state index contributed by atoms with van der Waals surface area (Å²) in [4.78, 5) is 8.76. The summed E-state index contributed by atoms with van der Waals surface area (Å²) in [5.74, 6) is 0.212. The van der Waals surface area contributed by atoms with Crippen molar-refractivity contribution in [1.82, 2.24) is 4.98 Å². The fourth-order valence-corrected chi connectivity index (χ4v) is 1.55. The lowest BCUT2D eigenvalue weighted by molar-refractivity contribution is -0.137. The predicted molar refractivity (Wildman–Crippen MR) is 64.9 cm³/mol. The summed E-state index contributed by atoms with van der Waals surface area (Å²) in [5.41, 5.74) is 1.24. The highest BCUT2D eigenvalue weighted by Crippen LogP contribution is 2.34. The van der Waals surface area contributed by atoms with Gasteiger partial charge in [0.15, 0.2) is 5.75 Å². The molecule has 0 radical (unpaired) electrons. The lowest BCUT2D eigenvalue weighted by Crippen LogP contribution is -2.13. The molecule has 0 bridgehead atoms. The van der Waals surface area contributed by atoms with Crippen LogP contribution in [0.5, 0.6) is 5.75 Å². The van der Waals surface area contributed by atoms with Crippen molar-refractivity contribution in [2.75, 3.05) is 5.48 Å². The Kier molecular flexibility index (Phi) is 3.80. The van der Waals surface area contributed by atoms with Crippen molar-refractivity contribution in [3.8, 4) is 5.75 Å². The third-order valence-electron chi connectivity index (χ3n) is 2.19. The second-order valence-electron chi connectivity index (χ2n) is 3.59. The van der Waals surface area contributed by atoms with Crippen LogP contribution in [0.3, 0.4) is 0 Å². The van der Waals surface area contributed by atoms with E-state index in [1.165, 1.54) is 36.7 Å². The first-order valence-electron chi connectivity index (χ1n) is 5.16. The zero-order valence-corrected chi connectivity index (χ0v) is 10.2. The molecule has 1 aromatic carbocycles. The smallest absolute Gasteiger partial charge is 0.380 e. The van der Waals surface area contributed by atoms with Gasteiger partial charge in [-0.2, -0.15) is 13.2 Å². The predicted octanol–water partition coefficient (Wildman–Crippen LogP) is 4.16. The van der Waals surface area contributed by atoms with Crippen LogP contribution in [0.25, 0.3) is 0 Å². The normalized spacial score (nSPS) is 11.2. The summed E-state index contributed by atoms with van der Waals surface area (Å²) in [6.07, 6.45) is -1.74. The van der Waals surface area contributed by atoms with Crippen molar-refractivity contribution in [3.05, 3.63) is 53.3 Å². The van der Waals surface area contributed by atoms with Gasteiger partial charge >= 0.3 is 6.18 Å². The quantitative estimate of drug-likeness (QED) is 0.861. The number of hydrogen-bond acceptors (Lipinski definition) is 3. The largest absolute Gasteiger partial charge is 0.418 e. The highest BCUT2D eigenvalue weighted by molar-refractivity contribution is 6.30. The number of hydrogen-bond donors (Lipinski definition) is 1. The van der Waals surface area contributed by atoms with E-state index in [-0.39, 0.29) is 11.4 Å². The molecule has 0 aliphatic carbocycles. The summed E-state index contributed by atoms with van der Waals surface area (Å²) < 4.78 is 38.1. The van der Waals surface area contributed by atoms with Gasteiger partial charge in [0.25, 0.3) is 0 Å². The summed E-state index contributed by atoms with van der Waals surface area (Å²) in [6.45, 7) is 0. The first-order chi connectivity index (χ1) is 8.97. The van der Waals surface area contributed by atoms with E-state index in [0.717, 1.165) is 6.07 Å². The van der Waals surface area contributed by atoms with Crippen LogP contribution in [0.1, 0.15) is 5.56 Å². The zero-order chi connectivity index (χ0) is 13.9. The van der Waals surface area contributed by atoms with Gasteiger partial charge in [-0.25, -0.2) is 5.48 Å². The number of alkyl halides is 3. The number of anilines is 1. The topological polar surface area (TPSA) is 34.1 Å². The second-order valence-corrected chi connectivity index (χ2v) is 4.02. The van der Waals surface area contributed by atoms with Crippen molar-refractivity contribution in [2.24, 2.45) is 0 Å². The molecule has 100 valence electrons. The van der Waals surface area contributed by atoms with Gasteiger partial charge in [-0.15, -0.1) is 0 Å². The Labute approximate surface area is 111 Å². The van der Waals surface area contributed by atoms with E-state index >= 15 is 0 Å². The van der Waals surface area contributed by atoms with E-state index in [1.807, 2.05) is 0 Å². The first kappa shape index (κ1) is 13.5. The molecule has 0 aliphatic rings. The summed E-state index contributed by atoms with van der Waals surface area (Å²) in [5, 5.41) is 0.323. The third-order valence-corrected chi connectivity index (χ3v) is 2.40. The van der Waals surface area contributed by atoms with Gasteiger partial charge in [0, 0.05) is 12.3 Å². The van der Waals surface area contributed by atoms with Crippen LogP contribution >= 0.6 is 11.6 Å². The Bertz CT molecular complexity index is 575. The van der Waals surface area contributed by atoms with Crippen molar-refractivity contribution < 1.29 is 18.0 Å². The molecule has 0 unspecified atom stereocenters. The molecule has 1 aromatic heterocycles. The summed E-state index contributed by atoms with van der Waals surface area (Å²) >= 11 is 5.68. The molecule has 0 amide bonds. The van der Waals surface area contributed by atoms with Gasteiger partial charge in [0.05, 0.1) is 22.5 Å². The van der Waals surface area contributed by atoms with Crippen molar-refractivity contribution in [3.63, 3.8) is 0 Å². The fraction of sp³-hybridized carbons (Fsp3) is 0.0833. The van der Waals surface area contributed by atoms with Crippen LogP contribution in [-0.4, -0.2) is 4.98 Å². The summed E-state index contributed by atoms with van der Waals surface area (Å²) in [7, 11) is 0. The van der Waals surface area contributed by atoms with Gasteiger partial charge < -0.3 is 4.84 Å². The number of pyridine rings is 1. The molecule has 0 aliphatic heterocycles. The maximum absolute atomic E-state index is 12.7. The Morgan fingerprint density at radius 2 is 1.89 bits per heavy atom. The molecule has 7 heteroatoms. The zero-order valence-electron chi connectivity index (χ0n) is 9.41. The second kappa shape index (κ2) is 5.36. The van der Waals surface area contributed by atoms with Crippen LogP contribution < -0.4 is 10.3 Å². The molecular weight excluding hydrogens is 281 g/mol. The Morgan fingerprint density at radius 3 is 2.58 bits per heavy atom. The van der Waals surface area contributed by atoms with Crippen LogP contribution in [-0.2, 0) is 6.18 Å². The molecule has 0 atom stereocenters. The maximum atomic E-state index is 12.7. The molecule has 0 saturated heterocycles. The SMILES string of the molecule is FC(F)(F)c1ccccc1NOc1cncc(Cl)c1. The number of rotatable bonds is 3. The highest BCUT2D eigenvalue weighted by Gasteiger charge is 2.33. The molecular formula is C12H8ClF3N2O. The van der Waals surface area contributed by atoms with Crippen molar-refractivity contribution >= 4 is 17.3 Å². The lowest BCUT2D eigenvalue weighted by atomic mass is 10.2. The average molecular weight is 289 g/mol. The molecule has 19 heavy (non-hydrogen) atoms. The summed E-state index contributed by atoms with van der Waals surface area (Å²) in [6, 6.07) is 6.42. The molecule has 0 fully saturated rings. The van der Waals surface area contributed by atoms with Gasteiger partial charge in [0.2, 0.25) is 0 Å². The minimum atomic E-state index is -4.46. The van der Waals surface area contributed by atoms with Crippen molar-refractivity contribution in [2.45, 2.75) is 6.18 Å². The Morgan fingerprint density at radius 1 is 1.16 bits per heavy atom. The fourth-order valence-electron chi connectivity index (χ4n) is 1.38. The number of halogens is 4. The minimum absolute atomic E-state index is 0.185. The van der Waals surface area contributed by atoms with Crippen LogP contribution in [0.15, 0.2) is 42.7 Å². The number of benzene rings is 1. The Hall–Kier alpha value is -1.95. The Balaban J connectivity index is 2.16. The van der Waals surface area contributed by atoms with Gasteiger partial charge in [0.1, 0.15) is 0 Å². The molecule has 3 nitrogen and oxygen atoms in total. The molecule has 2 aromatic rings. The molecule has 0 saturated carbocycles. The lowest BCUT2D eigenvalue weighted by Gasteiger charge is -2.14. The maximum Gasteiger partial charge on any atom is 0.418 e. The third kappa shape index (κ3) is 3.51. The van der Waals surface area contributed by atoms with E-state index in [2.05, 4.69) is 10.5 Å². The van der Waals surface area contributed by atoms with Crippen molar-refractivity contribution in [1.29, 1.82) is 0 Å². The minimum Gasteiger partial charge on any atom is -0.380 e. The van der Waals surface area contributed by atoms with Gasteiger partial charge in [-0.1, -0.05) is 23.7 Å². The van der Waals surface area contributed by atoms with Crippen LogP contribution in [0, 0.1) is 0 Å². The number of nitrogens with zero attached hydrogens (tertiary/aromatic N) is 1. The van der Waals surface area contributed by atoms with Gasteiger partial charge in [-0.3, -0.25) is 4.98 Å². The van der Waals surface area contributed by atoms with E-state index in [1.54, 1.807) is 0 Å². The number of para-hydroxylation sites is 1. The highest BCUT2D eigenvalue weighted by atomic mass is 35.5. The first-order valence-corrected chi connectivity index (χ1v) is 5.54. The van der Waals surface area contributed by atoms with E-state index in [4.69, 9.17) is 16.4 Å². The van der Waals surface area contributed by atoms with E-state index in [9.17, 15) is 13.2 Å². The van der Waals surface area contributed by atoms with Crippen LogP contribution in [0.4, 0.5) is 18.9 Å². The van der Waals surface area contributed by atoms with E-state index in [0.29, 0.717) is 5.02 Å². The molecule has 2 rings (SSSR count). The molecule has 1 N–H and O–H groups in total. The van der Waals surface area contributed by atoms with E-state index < -0.39 is 11.7 Å². The average Bonchev–Trinajstić information content (AvgIpc) is 2.36.